The van der Waals surface area contributed by atoms with Gasteiger partial charge >= 0.3 is 6.36 Å². The molecule has 218 valence electrons. The number of hydrogen-bond acceptors (Lipinski definition) is 6. The standard InChI is InChI=1S/C29H28F4N2O5S/c1-34-28(36)23-13-22(18-7-8-18)26(27(24(23)30)41(37)38)39-16-17-14-35(15-17)25(19-5-3-2-4-6-19)20-9-11-21(12-10-20)40-29(31,32)33/h2-6,9-13,17-18,24-25H,7-8,14-16H2,1H3,(H,34,36). The van der Waals surface area contributed by atoms with Crippen LogP contribution in [0.1, 0.15) is 30.0 Å². The molecule has 2 aliphatic carbocycles. The lowest BCUT2D eigenvalue weighted by atomic mass is 9.90. The summed E-state index contributed by atoms with van der Waals surface area (Å²) in [5, 5.41) is 2.36. The van der Waals surface area contributed by atoms with Gasteiger partial charge in [-0.25, -0.2) is 4.39 Å². The van der Waals surface area contributed by atoms with E-state index in [9.17, 15) is 26.4 Å². The molecule has 0 spiro atoms. The first-order valence-electron chi connectivity index (χ1n) is 13.1. The first-order valence-corrected chi connectivity index (χ1v) is 14.2. The zero-order valence-electron chi connectivity index (χ0n) is 22.0. The lowest BCUT2D eigenvalue weighted by Crippen LogP contribution is -2.50. The minimum atomic E-state index is -4.78. The number of ether oxygens (including phenoxy) is 2. The molecule has 1 heterocycles. The lowest BCUT2D eigenvalue weighted by molar-refractivity contribution is -0.274. The molecule has 2 fully saturated rings. The summed E-state index contributed by atoms with van der Waals surface area (Å²) < 4.78 is 87.2. The molecule has 1 saturated carbocycles. The number of hydrogen-bond donors (Lipinski definition) is 1. The predicted octanol–water partition coefficient (Wildman–Crippen LogP) is 4.36. The first-order chi connectivity index (χ1) is 19.6. The fraction of sp³-hybridized carbons (Fsp3) is 0.379. The third-order valence-electron chi connectivity index (χ3n) is 7.34. The highest BCUT2D eigenvalue weighted by Crippen LogP contribution is 2.43. The third kappa shape index (κ3) is 6.48. The van der Waals surface area contributed by atoms with Gasteiger partial charge in [0, 0.05) is 26.1 Å². The number of likely N-dealkylation sites (N-methyl/N-ethyl adjacent to an activating group) is 1. The summed E-state index contributed by atoms with van der Waals surface area (Å²) in [5.41, 5.74) is 2.00. The highest BCUT2D eigenvalue weighted by atomic mass is 32.2. The van der Waals surface area contributed by atoms with Crippen molar-refractivity contribution in [3.8, 4) is 5.75 Å². The van der Waals surface area contributed by atoms with Gasteiger partial charge in [0.1, 0.15) is 11.5 Å². The Morgan fingerprint density at radius 1 is 1.05 bits per heavy atom. The van der Waals surface area contributed by atoms with Crippen LogP contribution in [-0.4, -0.2) is 63.4 Å². The molecule has 0 radical (unpaired) electrons. The van der Waals surface area contributed by atoms with Crippen LogP contribution in [0.2, 0.25) is 0 Å². The summed E-state index contributed by atoms with van der Waals surface area (Å²) in [6, 6.07) is 15.0. The molecule has 2 aromatic rings. The lowest BCUT2D eigenvalue weighted by Gasteiger charge is -2.45. The molecule has 41 heavy (non-hydrogen) atoms. The summed E-state index contributed by atoms with van der Waals surface area (Å²) in [6.07, 6.45) is -3.92. The van der Waals surface area contributed by atoms with E-state index in [1.54, 1.807) is 12.1 Å². The monoisotopic (exact) mass is 592 g/mol. The Morgan fingerprint density at radius 2 is 1.68 bits per heavy atom. The van der Waals surface area contributed by atoms with Crippen molar-refractivity contribution in [3.05, 3.63) is 88.7 Å². The normalized spacial score (nSPS) is 20.7. The topological polar surface area (TPSA) is 84.9 Å². The second kappa shape index (κ2) is 11.7. The van der Waals surface area contributed by atoms with E-state index >= 15 is 4.39 Å². The Balaban J connectivity index is 1.33. The first kappa shape index (κ1) is 28.9. The van der Waals surface area contributed by atoms with Gasteiger partial charge in [-0.05, 0) is 53.7 Å². The summed E-state index contributed by atoms with van der Waals surface area (Å²) >= 11 is 0. The number of rotatable bonds is 9. The van der Waals surface area contributed by atoms with Crippen molar-refractivity contribution < 1.29 is 40.2 Å². The van der Waals surface area contributed by atoms with E-state index < -0.39 is 33.6 Å². The molecular formula is C29H28F4N2O5S. The number of nitrogens with zero attached hydrogens (tertiary/aromatic N) is 1. The van der Waals surface area contributed by atoms with Crippen LogP contribution >= 0.6 is 0 Å². The Morgan fingerprint density at radius 3 is 2.24 bits per heavy atom. The van der Waals surface area contributed by atoms with Crippen molar-refractivity contribution in [3.63, 3.8) is 0 Å². The number of halogens is 4. The summed E-state index contributed by atoms with van der Waals surface area (Å²) in [5.74, 6) is -1.01. The van der Waals surface area contributed by atoms with Crippen molar-refractivity contribution in [2.45, 2.75) is 31.4 Å². The van der Waals surface area contributed by atoms with Crippen LogP contribution in [0.25, 0.3) is 0 Å². The van der Waals surface area contributed by atoms with Crippen molar-refractivity contribution in [2.24, 2.45) is 11.8 Å². The number of alkyl halides is 4. The van der Waals surface area contributed by atoms with E-state index in [-0.39, 0.29) is 41.6 Å². The maximum absolute atomic E-state index is 15.2. The Hall–Kier alpha value is -3.64. The van der Waals surface area contributed by atoms with Gasteiger partial charge < -0.3 is 14.8 Å². The number of nitrogens with one attached hydrogen (secondary N) is 1. The Kier molecular flexibility index (Phi) is 8.23. The molecule has 2 unspecified atom stereocenters. The second-order valence-electron chi connectivity index (χ2n) is 10.3. The van der Waals surface area contributed by atoms with Gasteiger partial charge in [0.25, 0.3) is 0 Å². The fourth-order valence-corrected chi connectivity index (χ4v) is 5.89. The molecule has 3 aliphatic rings. The van der Waals surface area contributed by atoms with Gasteiger partial charge in [-0.3, -0.25) is 9.69 Å². The summed E-state index contributed by atoms with van der Waals surface area (Å²) in [6.45, 7) is 1.25. The van der Waals surface area contributed by atoms with E-state index in [0.717, 1.165) is 24.0 Å². The van der Waals surface area contributed by atoms with Crippen LogP contribution in [0, 0.1) is 11.8 Å². The quantitative estimate of drug-likeness (QED) is 0.344. The van der Waals surface area contributed by atoms with Crippen molar-refractivity contribution in [1.29, 1.82) is 0 Å². The van der Waals surface area contributed by atoms with E-state index in [2.05, 4.69) is 15.0 Å². The number of amides is 1. The molecule has 1 N–H and O–H groups in total. The van der Waals surface area contributed by atoms with Gasteiger partial charge in [-0.2, -0.15) is 8.42 Å². The molecule has 12 heteroatoms. The van der Waals surface area contributed by atoms with Crippen LogP contribution in [-0.2, 0) is 19.8 Å². The molecular weight excluding hydrogens is 564 g/mol. The smallest absolute Gasteiger partial charge is 0.491 e. The van der Waals surface area contributed by atoms with Gasteiger partial charge in [-0.1, -0.05) is 42.5 Å². The number of carbonyl (C=O) groups excluding carboxylic acids is 1. The van der Waals surface area contributed by atoms with Gasteiger partial charge in [0.15, 0.2) is 11.0 Å². The third-order valence-corrected chi connectivity index (χ3v) is 8.10. The van der Waals surface area contributed by atoms with Crippen LogP contribution in [0.3, 0.4) is 0 Å². The maximum Gasteiger partial charge on any atom is 0.573 e. The van der Waals surface area contributed by atoms with E-state index in [0.29, 0.717) is 18.7 Å². The van der Waals surface area contributed by atoms with Gasteiger partial charge in [0.05, 0.1) is 18.2 Å². The molecule has 7 nitrogen and oxygen atoms in total. The number of benzene rings is 2. The zero-order valence-corrected chi connectivity index (χ0v) is 22.8. The fourth-order valence-electron chi connectivity index (χ4n) is 5.27. The van der Waals surface area contributed by atoms with Crippen LogP contribution in [0.4, 0.5) is 17.6 Å². The molecule has 0 bridgehead atoms. The van der Waals surface area contributed by atoms with Gasteiger partial charge in [-0.15, -0.1) is 13.2 Å². The molecule has 1 aliphatic heterocycles. The highest BCUT2D eigenvalue weighted by Gasteiger charge is 2.41. The van der Waals surface area contributed by atoms with E-state index in [4.69, 9.17) is 4.74 Å². The Labute approximate surface area is 236 Å². The summed E-state index contributed by atoms with van der Waals surface area (Å²) in [4.78, 5) is 13.8. The molecule has 0 aromatic heterocycles. The zero-order chi connectivity index (χ0) is 29.3. The van der Waals surface area contributed by atoms with Crippen molar-refractivity contribution >= 4 is 21.1 Å². The average molecular weight is 593 g/mol. The molecule has 5 rings (SSSR count). The van der Waals surface area contributed by atoms with Crippen molar-refractivity contribution in [1.82, 2.24) is 10.2 Å². The summed E-state index contributed by atoms with van der Waals surface area (Å²) in [7, 11) is -1.58. The predicted molar refractivity (Wildman–Crippen MR) is 143 cm³/mol. The van der Waals surface area contributed by atoms with Crippen LogP contribution in [0.15, 0.2) is 77.6 Å². The number of allylic oxidation sites excluding steroid dienone is 3. The Bertz CT molecular complexity index is 1490. The largest absolute Gasteiger partial charge is 0.573 e. The molecule has 1 saturated heterocycles. The highest BCUT2D eigenvalue weighted by molar-refractivity contribution is 7.73. The molecule has 2 atom stereocenters. The minimum Gasteiger partial charge on any atom is -0.491 e. The van der Waals surface area contributed by atoms with Gasteiger partial charge in [0.2, 0.25) is 16.2 Å². The number of carbonyl (C=O) groups is 1. The van der Waals surface area contributed by atoms with E-state index in [1.165, 1.54) is 25.3 Å². The average Bonchev–Trinajstić information content (AvgIpc) is 3.75. The minimum absolute atomic E-state index is 0.000327. The van der Waals surface area contributed by atoms with Crippen LogP contribution < -0.4 is 10.1 Å². The maximum atomic E-state index is 15.2. The van der Waals surface area contributed by atoms with E-state index in [1.807, 2.05) is 30.3 Å². The second-order valence-corrected chi connectivity index (χ2v) is 11.2. The van der Waals surface area contributed by atoms with Crippen molar-refractivity contribution in [2.75, 3.05) is 26.7 Å². The number of likely N-dealkylation sites (tertiary alicyclic amines) is 1. The molecule has 2 aromatic carbocycles. The van der Waals surface area contributed by atoms with Crippen LogP contribution in [0.5, 0.6) is 5.75 Å². The molecule has 1 amide bonds. The SMILES string of the molecule is CNC(=O)C1=CC(C2CC2)=C(OCC2CN(C(c3ccccc3)c3ccc(OC(F)(F)F)cc3)C2)C(=S(=O)=O)C1F.